The quantitative estimate of drug-likeness (QED) is 0.697. The predicted octanol–water partition coefficient (Wildman–Crippen LogP) is 2.79. The fourth-order valence-corrected chi connectivity index (χ4v) is 2.67. The van der Waals surface area contributed by atoms with Crippen LogP contribution in [0.4, 0.5) is 5.69 Å². The molecule has 0 aliphatic heterocycles. The van der Waals surface area contributed by atoms with Crippen LogP contribution in [0.25, 0.3) is 5.52 Å². The first kappa shape index (κ1) is 15.6. The van der Waals surface area contributed by atoms with Gasteiger partial charge in [0, 0.05) is 42.3 Å². The van der Waals surface area contributed by atoms with E-state index in [0.717, 1.165) is 17.1 Å². The number of esters is 1. The Labute approximate surface area is 145 Å². The monoisotopic (exact) mass is 337 g/mol. The Morgan fingerprint density at radius 3 is 2.84 bits per heavy atom. The van der Waals surface area contributed by atoms with Gasteiger partial charge in [0.25, 0.3) is 0 Å². The Kier molecular flexibility index (Phi) is 4.05. The van der Waals surface area contributed by atoms with Crippen LogP contribution < -0.4 is 5.32 Å². The molecule has 3 aromatic rings. The largest absolute Gasteiger partial charge is 0.462 e. The van der Waals surface area contributed by atoms with Crippen LogP contribution >= 0.6 is 0 Å². The van der Waals surface area contributed by atoms with Gasteiger partial charge in [0.15, 0.2) is 0 Å². The van der Waals surface area contributed by atoms with Crippen LogP contribution in [-0.2, 0) is 11.3 Å². The number of hydrogen-bond donors (Lipinski definition) is 1. The van der Waals surface area contributed by atoms with E-state index >= 15 is 0 Å². The van der Waals surface area contributed by atoms with Crippen molar-refractivity contribution in [2.45, 2.75) is 32.2 Å². The van der Waals surface area contributed by atoms with Crippen molar-refractivity contribution < 1.29 is 9.53 Å². The van der Waals surface area contributed by atoms with E-state index in [4.69, 9.17) is 4.74 Å². The second kappa shape index (κ2) is 6.51. The molecule has 1 saturated carbocycles. The molecular weight excluding hydrogens is 318 g/mol. The maximum Gasteiger partial charge on any atom is 0.341 e. The van der Waals surface area contributed by atoms with Gasteiger partial charge in [0.2, 0.25) is 0 Å². The summed E-state index contributed by atoms with van der Waals surface area (Å²) in [5, 5.41) is 7.51. The van der Waals surface area contributed by atoms with E-state index in [9.17, 15) is 4.79 Å². The first-order chi connectivity index (χ1) is 12.2. The van der Waals surface area contributed by atoms with Crippen molar-refractivity contribution in [3.05, 3.63) is 53.9 Å². The van der Waals surface area contributed by atoms with E-state index < -0.39 is 0 Å². The van der Waals surface area contributed by atoms with Crippen LogP contribution in [0.2, 0.25) is 0 Å². The highest BCUT2D eigenvalue weighted by Gasteiger charge is 2.26. The molecule has 7 heteroatoms. The van der Waals surface area contributed by atoms with Crippen LogP contribution in [0.15, 0.2) is 36.9 Å². The molecule has 1 fully saturated rings. The van der Waals surface area contributed by atoms with Crippen LogP contribution in [0.5, 0.6) is 0 Å². The van der Waals surface area contributed by atoms with Gasteiger partial charge in [-0.2, -0.15) is 5.10 Å². The highest BCUT2D eigenvalue weighted by Crippen LogP contribution is 2.37. The fourth-order valence-electron chi connectivity index (χ4n) is 2.67. The number of anilines is 1. The molecule has 3 heterocycles. The summed E-state index contributed by atoms with van der Waals surface area (Å²) < 4.78 is 6.73. The molecule has 7 nitrogen and oxygen atoms in total. The predicted molar refractivity (Wildman–Crippen MR) is 92.5 cm³/mol. The third-order valence-corrected chi connectivity index (χ3v) is 4.18. The Bertz CT molecular complexity index is 899. The molecule has 0 saturated heterocycles. The van der Waals surface area contributed by atoms with Crippen LogP contribution in [-0.4, -0.2) is 32.2 Å². The number of aromatic nitrogens is 4. The first-order valence-corrected chi connectivity index (χ1v) is 8.44. The highest BCUT2D eigenvalue weighted by molar-refractivity contribution is 5.97. The maximum absolute atomic E-state index is 12.0. The number of rotatable bonds is 6. The van der Waals surface area contributed by atoms with Gasteiger partial charge in [-0.3, -0.25) is 0 Å². The lowest BCUT2D eigenvalue weighted by Crippen LogP contribution is -2.05. The van der Waals surface area contributed by atoms with Gasteiger partial charge in [0.05, 0.1) is 18.3 Å². The second-order valence-corrected chi connectivity index (χ2v) is 6.10. The zero-order valence-electron chi connectivity index (χ0n) is 14.0. The van der Waals surface area contributed by atoms with Crippen molar-refractivity contribution in [3.63, 3.8) is 0 Å². The lowest BCUT2D eigenvalue weighted by atomic mass is 10.2. The molecule has 1 aliphatic carbocycles. The van der Waals surface area contributed by atoms with Crippen LogP contribution in [0.1, 0.15) is 47.4 Å². The summed E-state index contributed by atoms with van der Waals surface area (Å²) in [5.74, 6) is 1.15. The normalized spacial score (nSPS) is 13.8. The summed E-state index contributed by atoms with van der Waals surface area (Å²) >= 11 is 0. The zero-order valence-corrected chi connectivity index (χ0v) is 14.0. The molecule has 0 spiro atoms. The van der Waals surface area contributed by atoms with Gasteiger partial charge < -0.3 is 10.1 Å². The molecule has 0 amide bonds. The number of ether oxygens (including phenoxy) is 1. The molecule has 0 radical (unpaired) electrons. The highest BCUT2D eigenvalue weighted by atomic mass is 16.5. The van der Waals surface area contributed by atoms with Crippen molar-refractivity contribution >= 4 is 17.2 Å². The standard InChI is InChI=1S/C18H19N5O2/c1-2-25-18(24)15-11-22-23-6-5-14(7-16(15)23)19-8-12-9-20-17(21-10-12)13-3-4-13/h5-7,9-11,13,19H,2-4,8H2,1H3. The molecule has 4 rings (SSSR count). The van der Waals surface area contributed by atoms with Gasteiger partial charge in [0.1, 0.15) is 11.4 Å². The van der Waals surface area contributed by atoms with Gasteiger partial charge in [-0.25, -0.2) is 19.3 Å². The molecule has 3 aromatic heterocycles. The van der Waals surface area contributed by atoms with Crippen molar-refractivity contribution in [3.8, 4) is 0 Å². The second-order valence-electron chi connectivity index (χ2n) is 6.10. The minimum absolute atomic E-state index is 0.338. The lowest BCUT2D eigenvalue weighted by Gasteiger charge is -2.07. The van der Waals surface area contributed by atoms with E-state index in [-0.39, 0.29) is 5.97 Å². The first-order valence-electron chi connectivity index (χ1n) is 8.44. The number of hydrogen-bond acceptors (Lipinski definition) is 6. The summed E-state index contributed by atoms with van der Waals surface area (Å²) in [6.45, 7) is 2.74. The molecule has 1 N–H and O–H groups in total. The fraction of sp³-hybridized carbons (Fsp3) is 0.333. The summed E-state index contributed by atoms with van der Waals surface area (Å²) in [6.07, 6.45) is 9.48. The van der Waals surface area contributed by atoms with Gasteiger partial charge in [-0.1, -0.05) is 0 Å². The number of fused-ring (bicyclic) bond motifs is 1. The number of carbonyl (C=O) groups excluding carboxylic acids is 1. The minimum atomic E-state index is -0.362. The van der Waals surface area contributed by atoms with Crippen LogP contribution in [0.3, 0.4) is 0 Å². The van der Waals surface area contributed by atoms with Gasteiger partial charge in [-0.15, -0.1) is 0 Å². The van der Waals surface area contributed by atoms with E-state index in [1.165, 1.54) is 19.0 Å². The molecule has 0 atom stereocenters. The average Bonchev–Trinajstić information content (AvgIpc) is 3.40. The molecular formula is C18H19N5O2. The van der Waals surface area contributed by atoms with E-state index in [1.54, 1.807) is 11.4 Å². The third-order valence-electron chi connectivity index (χ3n) is 4.18. The van der Waals surface area contributed by atoms with Crippen molar-refractivity contribution in [1.29, 1.82) is 0 Å². The third kappa shape index (κ3) is 3.31. The van der Waals surface area contributed by atoms with E-state index in [2.05, 4.69) is 20.4 Å². The maximum atomic E-state index is 12.0. The Morgan fingerprint density at radius 1 is 1.32 bits per heavy atom. The Hall–Kier alpha value is -2.96. The van der Waals surface area contributed by atoms with Crippen molar-refractivity contribution in [2.24, 2.45) is 0 Å². The zero-order chi connectivity index (χ0) is 17.2. The number of nitrogens with zero attached hydrogens (tertiary/aromatic N) is 4. The number of nitrogens with one attached hydrogen (secondary N) is 1. The molecule has 128 valence electrons. The topological polar surface area (TPSA) is 81.4 Å². The SMILES string of the molecule is CCOC(=O)c1cnn2ccc(NCc3cnc(C4CC4)nc3)cc12. The molecule has 0 unspecified atom stereocenters. The summed E-state index contributed by atoms with van der Waals surface area (Å²) in [4.78, 5) is 20.8. The summed E-state index contributed by atoms with van der Waals surface area (Å²) in [5.41, 5.74) is 3.08. The van der Waals surface area contributed by atoms with Crippen LogP contribution in [0, 0.1) is 0 Å². The lowest BCUT2D eigenvalue weighted by molar-refractivity contribution is 0.0528. The molecule has 25 heavy (non-hydrogen) atoms. The van der Waals surface area contributed by atoms with Gasteiger partial charge >= 0.3 is 5.97 Å². The molecule has 0 bridgehead atoms. The Balaban J connectivity index is 1.49. The minimum Gasteiger partial charge on any atom is -0.462 e. The van der Waals surface area contributed by atoms with E-state index in [1.807, 2.05) is 30.7 Å². The molecule has 1 aliphatic rings. The average molecular weight is 337 g/mol. The summed E-state index contributed by atoms with van der Waals surface area (Å²) in [7, 11) is 0. The Morgan fingerprint density at radius 2 is 2.12 bits per heavy atom. The van der Waals surface area contributed by atoms with Crippen molar-refractivity contribution in [2.75, 3.05) is 11.9 Å². The van der Waals surface area contributed by atoms with E-state index in [0.29, 0.717) is 30.1 Å². The van der Waals surface area contributed by atoms with Gasteiger partial charge in [-0.05, 0) is 31.9 Å². The number of pyridine rings is 1. The smallest absolute Gasteiger partial charge is 0.341 e. The summed E-state index contributed by atoms with van der Waals surface area (Å²) in [6, 6.07) is 3.80. The van der Waals surface area contributed by atoms with Crippen molar-refractivity contribution in [1.82, 2.24) is 19.6 Å². The number of carbonyl (C=O) groups is 1. The molecule has 0 aromatic carbocycles.